The van der Waals surface area contributed by atoms with Crippen molar-refractivity contribution >= 4 is 15.9 Å². The molecule has 1 aliphatic carbocycles. The number of hydrogen-bond acceptors (Lipinski definition) is 3. The Bertz CT molecular complexity index is 713. The second-order valence-electron chi connectivity index (χ2n) is 7.28. The van der Waals surface area contributed by atoms with Crippen LogP contribution in [0.4, 0.5) is 4.39 Å². The SMILES string of the molecule is O=C(NC1CCCCCC1)[C@H]1CCCCN1S(=O)(=O)c1ccc(F)cc1. The van der Waals surface area contributed by atoms with E-state index in [1.54, 1.807) is 0 Å². The van der Waals surface area contributed by atoms with Crippen molar-refractivity contribution in [3.63, 3.8) is 0 Å². The highest BCUT2D eigenvalue weighted by Crippen LogP contribution is 2.26. The van der Waals surface area contributed by atoms with Crippen LogP contribution in [0.2, 0.25) is 0 Å². The van der Waals surface area contributed by atoms with E-state index in [2.05, 4.69) is 5.32 Å². The lowest BCUT2D eigenvalue weighted by Crippen LogP contribution is -2.53. The molecule has 1 saturated heterocycles. The van der Waals surface area contributed by atoms with Crippen molar-refractivity contribution < 1.29 is 17.6 Å². The molecule has 3 rings (SSSR count). The van der Waals surface area contributed by atoms with Crippen molar-refractivity contribution in [2.45, 2.75) is 74.8 Å². The van der Waals surface area contributed by atoms with Gasteiger partial charge in [0.25, 0.3) is 0 Å². The second-order valence-corrected chi connectivity index (χ2v) is 9.17. The Morgan fingerprint density at radius 3 is 2.23 bits per heavy atom. The highest BCUT2D eigenvalue weighted by Gasteiger charge is 2.38. The number of carbonyl (C=O) groups excluding carboxylic acids is 1. The van der Waals surface area contributed by atoms with E-state index in [0.29, 0.717) is 13.0 Å². The van der Waals surface area contributed by atoms with E-state index in [0.717, 1.165) is 50.7 Å². The maximum atomic E-state index is 13.1. The molecule has 0 unspecified atom stereocenters. The molecule has 1 aromatic carbocycles. The van der Waals surface area contributed by atoms with Crippen molar-refractivity contribution in [3.05, 3.63) is 30.1 Å². The first-order valence-electron chi connectivity index (χ1n) is 9.56. The van der Waals surface area contributed by atoms with E-state index < -0.39 is 21.9 Å². The summed E-state index contributed by atoms with van der Waals surface area (Å²) in [7, 11) is -3.82. The fourth-order valence-electron chi connectivity index (χ4n) is 3.92. The van der Waals surface area contributed by atoms with Crippen molar-refractivity contribution in [2.75, 3.05) is 6.54 Å². The summed E-state index contributed by atoms with van der Waals surface area (Å²) in [6.45, 7) is 0.322. The molecule has 144 valence electrons. The summed E-state index contributed by atoms with van der Waals surface area (Å²) >= 11 is 0. The van der Waals surface area contributed by atoms with Crippen LogP contribution >= 0.6 is 0 Å². The van der Waals surface area contributed by atoms with Crippen LogP contribution < -0.4 is 5.32 Å². The minimum atomic E-state index is -3.82. The summed E-state index contributed by atoms with van der Waals surface area (Å²) in [6, 6.07) is 4.26. The predicted octanol–water partition coefficient (Wildman–Crippen LogP) is 3.21. The lowest BCUT2D eigenvalue weighted by molar-refractivity contribution is -0.126. The summed E-state index contributed by atoms with van der Waals surface area (Å²) < 4.78 is 40.4. The van der Waals surface area contributed by atoms with Gasteiger partial charge in [0.2, 0.25) is 15.9 Å². The molecule has 1 amide bonds. The molecule has 7 heteroatoms. The lowest BCUT2D eigenvalue weighted by Gasteiger charge is -2.34. The van der Waals surface area contributed by atoms with Crippen LogP contribution in [0.25, 0.3) is 0 Å². The fraction of sp³-hybridized carbons (Fsp3) is 0.632. The molecule has 1 heterocycles. The van der Waals surface area contributed by atoms with E-state index in [1.165, 1.54) is 29.3 Å². The van der Waals surface area contributed by atoms with Gasteiger partial charge in [0.05, 0.1) is 4.90 Å². The first-order chi connectivity index (χ1) is 12.5. The lowest BCUT2D eigenvalue weighted by atomic mass is 10.0. The molecule has 0 spiro atoms. The average Bonchev–Trinajstić information content (AvgIpc) is 2.91. The Hall–Kier alpha value is -1.47. The number of carbonyl (C=O) groups is 1. The Labute approximate surface area is 155 Å². The van der Waals surface area contributed by atoms with Crippen molar-refractivity contribution in [1.82, 2.24) is 9.62 Å². The standard InChI is InChI=1S/C19H27FN2O3S/c20-15-10-12-17(13-11-15)26(24,25)22-14-6-5-9-18(22)19(23)21-16-7-3-1-2-4-8-16/h10-13,16,18H,1-9,14H2,(H,21,23)/t18-/m1/s1. The third-order valence-electron chi connectivity index (χ3n) is 5.38. The zero-order valence-corrected chi connectivity index (χ0v) is 15.8. The summed E-state index contributed by atoms with van der Waals surface area (Å²) in [5.41, 5.74) is 0. The van der Waals surface area contributed by atoms with Crippen LogP contribution in [0.15, 0.2) is 29.2 Å². The molecule has 0 radical (unpaired) electrons. The number of rotatable bonds is 4. The summed E-state index contributed by atoms with van der Waals surface area (Å²) in [5.74, 6) is -0.674. The van der Waals surface area contributed by atoms with Crippen molar-refractivity contribution in [2.24, 2.45) is 0 Å². The molecular weight excluding hydrogens is 355 g/mol. The van der Waals surface area contributed by atoms with Gasteiger partial charge < -0.3 is 5.32 Å². The van der Waals surface area contributed by atoms with E-state index in [4.69, 9.17) is 0 Å². The normalized spacial score (nSPS) is 23.3. The molecule has 0 bridgehead atoms. The molecule has 1 N–H and O–H groups in total. The van der Waals surface area contributed by atoms with E-state index >= 15 is 0 Å². The zero-order chi connectivity index (χ0) is 18.6. The largest absolute Gasteiger partial charge is 0.352 e. The number of nitrogens with one attached hydrogen (secondary N) is 1. The van der Waals surface area contributed by atoms with Gasteiger partial charge in [-0.05, 0) is 49.9 Å². The molecule has 1 aliphatic heterocycles. The van der Waals surface area contributed by atoms with E-state index in [9.17, 15) is 17.6 Å². The second kappa shape index (κ2) is 8.48. The van der Waals surface area contributed by atoms with Crippen LogP contribution in [-0.4, -0.2) is 37.3 Å². The molecule has 0 aromatic heterocycles. The number of hydrogen-bond donors (Lipinski definition) is 1. The molecule has 2 aliphatic rings. The number of amides is 1. The van der Waals surface area contributed by atoms with Gasteiger partial charge in [0, 0.05) is 12.6 Å². The topological polar surface area (TPSA) is 66.5 Å². The maximum absolute atomic E-state index is 13.1. The fourth-order valence-corrected chi connectivity index (χ4v) is 5.57. The van der Waals surface area contributed by atoms with Gasteiger partial charge in [0.15, 0.2) is 0 Å². The summed E-state index contributed by atoms with van der Waals surface area (Å²) in [4.78, 5) is 12.9. The van der Waals surface area contributed by atoms with Gasteiger partial charge in [0.1, 0.15) is 11.9 Å². The molecule has 26 heavy (non-hydrogen) atoms. The predicted molar refractivity (Wildman–Crippen MR) is 97.6 cm³/mol. The quantitative estimate of drug-likeness (QED) is 0.813. The van der Waals surface area contributed by atoms with Crippen molar-refractivity contribution in [1.29, 1.82) is 0 Å². The number of sulfonamides is 1. The number of benzene rings is 1. The molecular formula is C19H27FN2O3S. The number of piperidine rings is 1. The zero-order valence-electron chi connectivity index (χ0n) is 15.0. The third-order valence-corrected chi connectivity index (χ3v) is 7.30. The first-order valence-corrected chi connectivity index (χ1v) is 11.0. The third kappa shape index (κ3) is 4.43. The van der Waals surface area contributed by atoms with Gasteiger partial charge in [-0.1, -0.05) is 32.1 Å². The van der Waals surface area contributed by atoms with E-state index in [-0.39, 0.29) is 16.8 Å². The van der Waals surface area contributed by atoms with Crippen LogP contribution in [0.1, 0.15) is 57.8 Å². The summed E-state index contributed by atoms with van der Waals surface area (Å²) in [5, 5.41) is 3.09. The monoisotopic (exact) mass is 382 g/mol. The van der Waals surface area contributed by atoms with E-state index in [1.807, 2.05) is 0 Å². The molecule has 1 saturated carbocycles. The van der Waals surface area contributed by atoms with Gasteiger partial charge in [-0.15, -0.1) is 0 Å². The smallest absolute Gasteiger partial charge is 0.243 e. The Balaban J connectivity index is 1.76. The number of halogens is 1. The van der Waals surface area contributed by atoms with Crippen LogP contribution in [0, 0.1) is 5.82 Å². The Kier molecular flexibility index (Phi) is 6.29. The Morgan fingerprint density at radius 2 is 1.58 bits per heavy atom. The van der Waals surface area contributed by atoms with Crippen LogP contribution in [-0.2, 0) is 14.8 Å². The average molecular weight is 383 g/mol. The molecule has 1 atom stereocenters. The first kappa shape index (κ1) is 19.3. The Morgan fingerprint density at radius 1 is 0.962 bits per heavy atom. The maximum Gasteiger partial charge on any atom is 0.243 e. The van der Waals surface area contributed by atoms with Crippen LogP contribution in [0.3, 0.4) is 0 Å². The minimum Gasteiger partial charge on any atom is -0.352 e. The van der Waals surface area contributed by atoms with Crippen molar-refractivity contribution in [3.8, 4) is 0 Å². The minimum absolute atomic E-state index is 0.0352. The highest BCUT2D eigenvalue weighted by molar-refractivity contribution is 7.89. The van der Waals surface area contributed by atoms with Gasteiger partial charge in [-0.3, -0.25) is 4.79 Å². The molecule has 5 nitrogen and oxygen atoms in total. The van der Waals surface area contributed by atoms with Gasteiger partial charge in [-0.25, -0.2) is 12.8 Å². The molecule has 1 aromatic rings. The summed E-state index contributed by atoms with van der Waals surface area (Å²) in [6.07, 6.45) is 8.61. The van der Waals surface area contributed by atoms with Crippen LogP contribution in [0.5, 0.6) is 0 Å². The highest BCUT2D eigenvalue weighted by atomic mass is 32.2. The van der Waals surface area contributed by atoms with Gasteiger partial charge >= 0.3 is 0 Å². The molecule has 2 fully saturated rings. The van der Waals surface area contributed by atoms with Gasteiger partial charge in [-0.2, -0.15) is 4.31 Å². The number of nitrogens with zero attached hydrogens (tertiary/aromatic N) is 1.